The summed E-state index contributed by atoms with van der Waals surface area (Å²) in [5.74, 6) is 0.171. The van der Waals surface area contributed by atoms with E-state index in [1.807, 2.05) is 13.8 Å². The van der Waals surface area contributed by atoms with Gasteiger partial charge in [0.25, 0.3) is 0 Å². The molecule has 0 aliphatic heterocycles. The van der Waals surface area contributed by atoms with Gasteiger partial charge in [-0.3, -0.25) is 4.79 Å². The van der Waals surface area contributed by atoms with Crippen molar-refractivity contribution in [2.75, 3.05) is 6.61 Å². The zero-order valence-corrected chi connectivity index (χ0v) is 10.2. The van der Waals surface area contributed by atoms with Crippen LogP contribution in [0.5, 0.6) is 0 Å². The summed E-state index contributed by atoms with van der Waals surface area (Å²) in [7, 11) is 0. The number of rotatable bonds is 6. The monoisotopic (exact) mass is 210 g/mol. The molecule has 0 aliphatic carbocycles. The Morgan fingerprint density at radius 2 is 2.13 bits per heavy atom. The van der Waals surface area contributed by atoms with Crippen LogP contribution >= 0.6 is 0 Å². The Bertz CT molecular complexity index is 239. The molecule has 0 spiro atoms. The Labute approximate surface area is 93.0 Å². The predicted molar refractivity (Wildman–Crippen MR) is 63.6 cm³/mol. The number of carbonyl (C=O) groups excluding carboxylic acids is 1. The molecule has 0 amide bonds. The SMILES string of the molecule is C/C=C(\C)C/C=C/C(C)COC(=O)CC. The van der Waals surface area contributed by atoms with Crippen molar-refractivity contribution in [3.8, 4) is 0 Å². The summed E-state index contributed by atoms with van der Waals surface area (Å²) in [6.07, 6.45) is 7.75. The summed E-state index contributed by atoms with van der Waals surface area (Å²) in [6.45, 7) is 8.47. The van der Waals surface area contributed by atoms with Gasteiger partial charge in [-0.2, -0.15) is 0 Å². The Kier molecular flexibility index (Phi) is 7.69. The van der Waals surface area contributed by atoms with Crippen LogP contribution in [0, 0.1) is 5.92 Å². The molecule has 2 nitrogen and oxygen atoms in total. The first-order valence-electron chi connectivity index (χ1n) is 5.54. The van der Waals surface area contributed by atoms with Gasteiger partial charge in [0.15, 0.2) is 0 Å². The first kappa shape index (κ1) is 13.9. The molecule has 0 aromatic rings. The minimum Gasteiger partial charge on any atom is -0.465 e. The lowest BCUT2D eigenvalue weighted by atomic mass is 10.1. The predicted octanol–water partition coefficient (Wildman–Crippen LogP) is 3.49. The Balaban J connectivity index is 3.73. The highest BCUT2D eigenvalue weighted by Gasteiger charge is 2.01. The number of ether oxygens (including phenoxy) is 1. The molecule has 15 heavy (non-hydrogen) atoms. The standard InChI is InChI=1S/C13H22O2/c1-5-11(3)8-7-9-12(4)10-15-13(14)6-2/h5,7,9,12H,6,8,10H2,1-4H3/b9-7+,11-5+. The lowest BCUT2D eigenvalue weighted by Gasteiger charge is -2.06. The van der Waals surface area contributed by atoms with E-state index in [9.17, 15) is 4.79 Å². The summed E-state index contributed by atoms with van der Waals surface area (Å²) >= 11 is 0. The van der Waals surface area contributed by atoms with Gasteiger partial charge >= 0.3 is 5.97 Å². The van der Waals surface area contributed by atoms with Gasteiger partial charge in [0, 0.05) is 12.3 Å². The van der Waals surface area contributed by atoms with Crippen LogP contribution < -0.4 is 0 Å². The van der Waals surface area contributed by atoms with Crippen LogP contribution in [0.25, 0.3) is 0 Å². The molecule has 1 atom stereocenters. The summed E-state index contributed by atoms with van der Waals surface area (Å²) in [6, 6.07) is 0. The van der Waals surface area contributed by atoms with E-state index in [0.29, 0.717) is 18.9 Å². The molecule has 2 heteroatoms. The highest BCUT2D eigenvalue weighted by atomic mass is 16.5. The van der Waals surface area contributed by atoms with Gasteiger partial charge < -0.3 is 4.74 Å². The van der Waals surface area contributed by atoms with Crippen LogP contribution in [0.2, 0.25) is 0 Å². The van der Waals surface area contributed by atoms with Crippen molar-refractivity contribution in [3.05, 3.63) is 23.8 Å². The number of esters is 1. The molecule has 0 N–H and O–H groups in total. The van der Waals surface area contributed by atoms with Gasteiger partial charge in [0.05, 0.1) is 6.61 Å². The Hall–Kier alpha value is -1.05. The number of hydrogen-bond donors (Lipinski definition) is 0. The fourth-order valence-corrected chi connectivity index (χ4v) is 0.986. The van der Waals surface area contributed by atoms with Gasteiger partial charge in [0.2, 0.25) is 0 Å². The highest BCUT2D eigenvalue weighted by Crippen LogP contribution is 2.04. The van der Waals surface area contributed by atoms with Crippen LogP contribution in [0.15, 0.2) is 23.8 Å². The maximum Gasteiger partial charge on any atom is 0.305 e. The quantitative estimate of drug-likeness (QED) is 0.495. The van der Waals surface area contributed by atoms with E-state index >= 15 is 0 Å². The molecule has 0 rings (SSSR count). The highest BCUT2D eigenvalue weighted by molar-refractivity contribution is 5.68. The van der Waals surface area contributed by atoms with Gasteiger partial charge in [-0.1, -0.05) is 37.6 Å². The van der Waals surface area contributed by atoms with Crippen LogP contribution in [0.3, 0.4) is 0 Å². The van der Waals surface area contributed by atoms with Crippen molar-refractivity contribution >= 4 is 5.97 Å². The molecule has 0 fully saturated rings. The van der Waals surface area contributed by atoms with E-state index in [1.54, 1.807) is 6.92 Å². The summed E-state index contributed by atoms with van der Waals surface area (Å²) in [5, 5.41) is 0. The van der Waals surface area contributed by atoms with Gasteiger partial charge in [0.1, 0.15) is 0 Å². The Morgan fingerprint density at radius 3 is 2.67 bits per heavy atom. The maximum atomic E-state index is 10.9. The lowest BCUT2D eigenvalue weighted by Crippen LogP contribution is -2.09. The number of carbonyl (C=O) groups is 1. The van der Waals surface area contributed by atoms with Gasteiger partial charge in [-0.05, 0) is 20.3 Å². The zero-order valence-electron chi connectivity index (χ0n) is 10.2. The van der Waals surface area contributed by atoms with Crippen LogP contribution in [-0.4, -0.2) is 12.6 Å². The molecule has 0 heterocycles. The maximum absolute atomic E-state index is 10.9. The van der Waals surface area contributed by atoms with E-state index in [2.05, 4.69) is 25.2 Å². The molecular formula is C13H22O2. The minimum absolute atomic E-state index is 0.125. The lowest BCUT2D eigenvalue weighted by molar-refractivity contribution is -0.144. The minimum atomic E-state index is -0.125. The molecule has 1 unspecified atom stereocenters. The fraction of sp³-hybridized carbons (Fsp3) is 0.615. The van der Waals surface area contributed by atoms with Crippen molar-refractivity contribution in [2.24, 2.45) is 5.92 Å². The third kappa shape index (κ3) is 7.98. The smallest absolute Gasteiger partial charge is 0.305 e. The molecular weight excluding hydrogens is 188 g/mol. The number of hydrogen-bond acceptors (Lipinski definition) is 2. The van der Waals surface area contributed by atoms with E-state index in [0.717, 1.165) is 6.42 Å². The van der Waals surface area contributed by atoms with Gasteiger partial charge in [-0.25, -0.2) is 0 Å². The normalized spacial score (nSPS) is 14.3. The Morgan fingerprint density at radius 1 is 1.47 bits per heavy atom. The first-order chi connectivity index (χ1) is 7.10. The first-order valence-corrected chi connectivity index (χ1v) is 5.54. The van der Waals surface area contributed by atoms with Crippen molar-refractivity contribution in [3.63, 3.8) is 0 Å². The largest absolute Gasteiger partial charge is 0.465 e. The molecule has 86 valence electrons. The van der Waals surface area contributed by atoms with Gasteiger partial charge in [-0.15, -0.1) is 0 Å². The van der Waals surface area contributed by atoms with Crippen molar-refractivity contribution in [2.45, 2.75) is 40.5 Å². The van der Waals surface area contributed by atoms with E-state index < -0.39 is 0 Å². The molecule has 0 aromatic heterocycles. The average Bonchev–Trinajstić information content (AvgIpc) is 2.25. The van der Waals surface area contributed by atoms with Crippen LogP contribution in [0.4, 0.5) is 0 Å². The van der Waals surface area contributed by atoms with Crippen molar-refractivity contribution in [1.82, 2.24) is 0 Å². The van der Waals surface area contributed by atoms with Crippen molar-refractivity contribution in [1.29, 1.82) is 0 Å². The number of allylic oxidation sites excluding steroid dienone is 3. The van der Waals surface area contributed by atoms with Crippen LogP contribution in [0.1, 0.15) is 40.5 Å². The second kappa shape index (κ2) is 8.27. The van der Waals surface area contributed by atoms with Crippen molar-refractivity contribution < 1.29 is 9.53 Å². The molecule has 0 saturated carbocycles. The topological polar surface area (TPSA) is 26.3 Å². The zero-order chi connectivity index (χ0) is 11.7. The molecule has 0 aromatic carbocycles. The third-order valence-corrected chi connectivity index (χ3v) is 2.19. The third-order valence-electron chi connectivity index (χ3n) is 2.19. The molecule has 0 bridgehead atoms. The molecule has 0 aliphatic rings. The molecule has 0 radical (unpaired) electrons. The van der Waals surface area contributed by atoms with E-state index in [1.165, 1.54) is 5.57 Å². The van der Waals surface area contributed by atoms with E-state index in [-0.39, 0.29) is 5.97 Å². The summed E-state index contributed by atoms with van der Waals surface area (Å²) < 4.78 is 5.03. The second-order valence-corrected chi connectivity index (χ2v) is 3.78. The molecule has 0 saturated heterocycles. The second-order valence-electron chi connectivity index (χ2n) is 3.78. The summed E-state index contributed by atoms with van der Waals surface area (Å²) in [4.78, 5) is 10.9. The average molecular weight is 210 g/mol. The van der Waals surface area contributed by atoms with E-state index in [4.69, 9.17) is 4.74 Å². The van der Waals surface area contributed by atoms with Crippen LogP contribution in [-0.2, 0) is 9.53 Å². The summed E-state index contributed by atoms with van der Waals surface area (Å²) in [5.41, 5.74) is 1.35. The fourth-order valence-electron chi connectivity index (χ4n) is 0.986.